The number of rotatable bonds is 5. The molecule has 0 amide bonds. The number of phenols is 1. The highest BCUT2D eigenvalue weighted by atomic mass is 19.1. The van der Waals surface area contributed by atoms with Crippen LogP contribution in [0.2, 0.25) is 0 Å². The zero-order valence-electron chi connectivity index (χ0n) is 19.6. The summed E-state index contributed by atoms with van der Waals surface area (Å²) in [6.07, 6.45) is 5.95. The van der Waals surface area contributed by atoms with E-state index in [0.29, 0.717) is 29.3 Å². The Hall–Kier alpha value is -3.36. The molecule has 2 heterocycles. The number of benzene rings is 1. The Morgan fingerprint density at radius 2 is 2.00 bits per heavy atom. The van der Waals surface area contributed by atoms with Gasteiger partial charge in [-0.05, 0) is 36.5 Å². The molecule has 0 saturated heterocycles. The molecule has 1 saturated carbocycles. The van der Waals surface area contributed by atoms with E-state index in [1.807, 2.05) is 11.9 Å². The molecule has 1 aliphatic carbocycles. The SMILES string of the molecule is CC[C@@H]1CCC[C@H](F)[C@H](N(C)c2cnc(-c3ccc(-c4cc(=O)n(C)cc4F)cc3O)nn2)C1. The summed E-state index contributed by atoms with van der Waals surface area (Å²) < 4.78 is 30.3. The zero-order chi connectivity index (χ0) is 24.4. The maximum absolute atomic E-state index is 14.8. The summed E-state index contributed by atoms with van der Waals surface area (Å²) in [5.74, 6) is 0.396. The monoisotopic (exact) mass is 469 g/mol. The fourth-order valence-electron chi connectivity index (χ4n) is 4.60. The molecular weight excluding hydrogens is 440 g/mol. The molecule has 0 spiro atoms. The molecule has 0 aliphatic heterocycles. The van der Waals surface area contributed by atoms with Crippen LogP contribution in [-0.2, 0) is 7.05 Å². The van der Waals surface area contributed by atoms with Crippen molar-refractivity contribution in [1.82, 2.24) is 19.7 Å². The number of aryl methyl sites for hydroxylation is 1. The van der Waals surface area contributed by atoms with E-state index in [1.54, 1.807) is 12.1 Å². The minimum atomic E-state index is -0.935. The molecule has 34 heavy (non-hydrogen) atoms. The average Bonchev–Trinajstić information content (AvgIpc) is 3.02. The molecule has 180 valence electrons. The van der Waals surface area contributed by atoms with Crippen molar-refractivity contribution in [1.29, 1.82) is 0 Å². The molecule has 1 fully saturated rings. The lowest BCUT2D eigenvalue weighted by Crippen LogP contribution is -2.40. The fraction of sp³-hybridized carbons (Fsp3) is 0.440. The van der Waals surface area contributed by atoms with Crippen LogP contribution in [0.25, 0.3) is 22.5 Å². The number of halogens is 2. The van der Waals surface area contributed by atoms with Crippen molar-refractivity contribution in [2.75, 3.05) is 11.9 Å². The number of phenolic OH excluding ortho intramolecular Hbond substituents is 1. The number of anilines is 1. The molecule has 1 aliphatic rings. The van der Waals surface area contributed by atoms with E-state index in [0.717, 1.165) is 36.4 Å². The Kier molecular flexibility index (Phi) is 6.90. The van der Waals surface area contributed by atoms with E-state index in [4.69, 9.17) is 0 Å². The summed E-state index contributed by atoms with van der Waals surface area (Å²) in [5, 5.41) is 18.9. The molecule has 4 rings (SSSR count). The van der Waals surface area contributed by atoms with Crippen molar-refractivity contribution in [2.45, 2.75) is 51.2 Å². The summed E-state index contributed by atoms with van der Waals surface area (Å²) in [6, 6.07) is 5.40. The Bertz CT molecular complexity index is 1210. The molecule has 0 unspecified atom stereocenters. The second-order valence-electron chi connectivity index (χ2n) is 8.99. The molecule has 9 heteroatoms. The first-order valence-electron chi connectivity index (χ1n) is 11.5. The maximum atomic E-state index is 14.8. The van der Waals surface area contributed by atoms with Crippen LogP contribution in [0.4, 0.5) is 14.6 Å². The van der Waals surface area contributed by atoms with Crippen molar-refractivity contribution >= 4 is 5.82 Å². The zero-order valence-corrected chi connectivity index (χ0v) is 19.6. The Morgan fingerprint density at radius 3 is 2.68 bits per heavy atom. The molecule has 2 aromatic heterocycles. The van der Waals surface area contributed by atoms with Gasteiger partial charge in [-0.25, -0.2) is 13.8 Å². The summed E-state index contributed by atoms with van der Waals surface area (Å²) in [7, 11) is 3.28. The predicted octanol–water partition coefficient (Wildman–Crippen LogP) is 4.49. The second kappa shape index (κ2) is 9.87. The quantitative estimate of drug-likeness (QED) is 0.554. The van der Waals surface area contributed by atoms with E-state index in [2.05, 4.69) is 22.1 Å². The van der Waals surface area contributed by atoms with Crippen LogP contribution >= 0.6 is 0 Å². The first kappa shape index (κ1) is 23.8. The minimum absolute atomic E-state index is 0.0931. The van der Waals surface area contributed by atoms with Gasteiger partial charge in [0.05, 0.1) is 17.8 Å². The van der Waals surface area contributed by atoms with Crippen molar-refractivity contribution in [2.24, 2.45) is 13.0 Å². The van der Waals surface area contributed by atoms with Crippen LogP contribution in [0.1, 0.15) is 39.0 Å². The third-order valence-electron chi connectivity index (χ3n) is 6.80. The van der Waals surface area contributed by atoms with Gasteiger partial charge >= 0.3 is 0 Å². The van der Waals surface area contributed by atoms with Crippen LogP contribution in [0, 0.1) is 11.7 Å². The van der Waals surface area contributed by atoms with E-state index in [1.165, 1.54) is 25.4 Å². The lowest BCUT2D eigenvalue weighted by atomic mass is 9.94. The molecule has 1 aromatic carbocycles. The molecule has 7 nitrogen and oxygen atoms in total. The molecule has 3 aromatic rings. The summed E-state index contributed by atoms with van der Waals surface area (Å²) in [4.78, 5) is 18.0. The number of hydrogen-bond donors (Lipinski definition) is 1. The molecule has 3 atom stereocenters. The van der Waals surface area contributed by atoms with Crippen LogP contribution in [0.5, 0.6) is 5.75 Å². The van der Waals surface area contributed by atoms with Gasteiger partial charge in [0.1, 0.15) is 17.7 Å². The first-order chi connectivity index (χ1) is 16.3. The Morgan fingerprint density at radius 1 is 1.21 bits per heavy atom. The Labute approximate surface area is 197 Å². The van der Waals surface area contributed by atoms with Crippen LogP contribution in [0.3, 0.4) is 0 Å². The smallest absolute Gasteiger partial charge is 0.251 e. The first-order valence-corrected chi connectivity index (χ1v) is 11.5. The van der Waals surface area contributed by atoms with Gasteiger partial charge in [-0.2, -0.15) is 0 Å². The summed E-state index contributed by atoms with van der Waals surface area (Å²) in [5.41, 5.74) is 0.407. The van der Waals surface area contributed by atoms with Crippen molar-refractivity contribution in [3.8, 4) is 28.3 Å². The van der Waals surface area contributed by atoms with Gasteiger partial charge in [0.15, 0.2) is 11.6 Å². The minimum Gasteiger partial charge on any atom is -0.507 e. The molecular formula is C25H29F2N5O2. The van der Waals surface area contributed by atoms with Gasteiger partial charge < -0.3 is 14.6 Å². The highest BCUT2D eigenvalue weighted by Crippen LogP contribution is 2.34. The number of aromatic hydroxyl groups is 1. The average molecular weight is 470 g/mol. The van der Waals surface area contributed by atoms with Gasteiger partial charge in [0, 0.05) is 31.9 Å². The van der Waals surface area contributed by atoms with Gasteiger partial charge in [-0.15, -0.1) is 10.2 Å². The highest BCUT2D eigenvalue weighted by molar-refractivity contribution is 5.73. The summed E-state index contributed by atoms with van der Waals surface area (Å²) in [6.45, 7) is 2.14. The van der Waals surface area contributed by atoms with E-state index >= 15 is 0 Å². The lowest BCUT2D eigenvalue weighted by Gasteiger charge is -2.31. The normalized spacial score (nSPS) is 20.7. The maximum Gasteiger partial charge on any atom is 0.251 e. The Balaban J connectivity index is 1.57. The molecule has 0 bridgehead atoms. The van der Waals surface area contributed by atoms with Gasteiger partial charge in [0.2, 0.25) is 0 Å². The molecule has 0 radical (unpaired) electrons. The van der Waals surface area contributed by atoms with Crippen LogP contribution in [-0.4, -0.2) is 44.1 Å². The number of alkyl halides is 1. The topological polar surface area (TPSA) is 84.1 Å². The van der Waals surface area contributed by atoms with Crippen molar-refractivity contribution < 1.29 is 13.9 Å². The third-order valence-corrected chi connectivity index (χ3v) is 6.80. The van der Waals surface area contributed by atoms with Crippen molar-refractivity contribution in [3.63, 3.8) is 0 Å². The highest BCUT2D eigenvalue weighted by Gasteiger charge is 2.31. The van der Waals surface area contributed by atoms with E-state index in [9.17, 15) is 18.7 Å². The predicted molar refractivity (Wildman–Crippen MR) is 127 cm³/mol. The third kappa shape index (κ3) is 4.78. The fourth-order valence-corrected chi connectivity index (χ4v) is 4.60. The largest absolute Gasteiger partial charge is 0.507 e. The van der Waals surface area contributed by atoms with E-state index < -0.39 is 12.0 Å². The number of pyridine rings is 1. The molecule has 1 N–H and O–H groups in total. The van der Waals surface area contributed by atoms with E-state index in [-0.39, 0.29) is 28.7 Å². The van der Waals surface area contributed by atoms with Crippen LogP contribution in [0.15, 0.2) is 41.5 Å². The van der Waals surface area contributed by atoms with Gasteiger partial charge in [-0.1, -0.05) is 32.3 Å². The second-order valence-corrected chi connectivity index (χ2v) is 8.99. The number of hydrogen-bond acceptors (Lipinski definition) is 6. The van der Waals surface area contributed by atoms with Gasteiger partial charge in [-0.3, -0.25) is 4.79 Å². The van der Waals surface area contributed by atoms with Crippen molar-refractivity contribution in [3.05, 3.63) is 52.8 Å². The summed E-state index contributed by atoms with van der Waals surface area (Å²) >= 11 is 0. The number of aromatic nitrogens is 4. The lowest BCUT2D eigenvalue weighted by molar-refractivity contribution is 0.253. The van der Waals surface area contributed by atoms with Gasteiger partial charge in [0.25, 0.3) is 5.56 Å². The van der Waals surface area contributed by atoms with Crippen LogP contribution < -0.4 is 10.5 Å². The standard InChI is InChI=1S/C25H29F2N5O2/c1-4-15-6-5-7-19(26)21(10-15)32(3)23-13-28-25(30-29-23)17-9-8-16(11-22(17)33)18-12-24(34)31(2)14-20(18)27/h8-9,11-15,19,21,33H,4-7,10H2,1-3H3/t15-,19+,21-/m1/s1. The number of nitrogens with zero attached hydrogens (tertiary/aromatic N) is 5.